The van der Waals surface area contributed by atoms with Crippen molar-refractivity contribution in [2.45, 2.75) is 19.4 Å². The summed E-state index contributed by atoms with van der Waals surface area (Å²) >= 11 is 5.07. The second-order valence-corrected chi connectivity index (χ2v) is 5.69. The van der Waals surface area contributed by atoms with Crippen LogP contribution in [0.25, 0.3) is 0 Å². The van der Waals surface area contributed by atoms with E-state index in [1.807, 2.05) is 7.05 Å². The minimum Gasteiger partial charge on any atom is -0.341 e. The van der Waals surface area contributed by atoms with Gasteiger partial charge in [0.15, 0.2) is 0 Å². The Bertz CT molecular complexity index is 455. The molecular weight excluding hydrogens is 298 g/mol. The van der Waals surface area contributed by atoms with E-state index in [1.54, 1.807) is 23.7 Å². The summed E-state index contributed by atoms with van der Waals surface area (Å²) in [7, 11) is 2.03. The molecule has 0 aliphatic heterocycles. The SMILES string of the molecule is CC(Cc1ccsc1)N(C)c1ncc(Br)cn1. The van der Waals surface area contributed by atoms with E-state index in [2.05, 4.69) is 54.5 Å². The van der Waals surface area contributed by atoms with Gasteiger partial charge in [0.25, 0.3) is 0 Å². The van der Waals surface area contributed by atoms with E-state index in [0.717, 1.165) is 16.8 Å². The molecule has 2 heterocycles. The fourth-order valence-corrected chi connectivity index (χ4v) is 2.46. The van der Waals surface area contributed by atoms with E-state index in [9.17, 15) is 0 Å². The van der Waals surface area contributed by atoms with Gasteiger partial charge in [-0.15, -0.1) is 0 Å². The lowest BCUT2D eigenvalue weighted by Crippen LogP contribution is -2.32. The van der Waals surface area contributed by atoms with Crippen LogP contribution in [0.1, 0.15) is 12.5 Å². The summed E-state index contributed by atoms with van der Waals surface area (Å²) in [6.45, 7) is 2.18. The summed E-state index contributed by atoms with van der Waals surface area (Å²) in [6, 6.07) is 2.54. The molecule has 2 rings (SSSR count). The highest BCUT2D eigenvalue weighted by atomic mass is 79.9. The van der Waals surface area contributed by atoms with E-state index in [4.69, 9.17) is 0 Å². The van der Waals surface area contributed by atoms with Crippen molar-refractivity contribution >= 4 is 33.2 Å². The summed E-state index contributed by atoms with van der Waals surface area (Å²) in [5.74, 6) is 0.760. The molecule has 90 valence electrons. The molecule has 0 aliphatic rings. The van der Waals surface area contributed by atoms with E-state index >= 15 is 0 Å². The molecule has 5 heteroatoms. The van der Waals surface area contributed by atoms with Gasteiger partial charge in [0.05, 0.1) is 4.47 Å². The van der Waals surface area contributed by atoms with Gasteiger partial charge in [0.1, 0.15) is 0 Å². The molecule has 0 amide bonds. The van der Waals surface area contributed by atoms with E-state index in [0.29, 0.717) is 6.04 Å². The van der Waals surface area contributed by atoms with Crippen LogP contribution in [0.2, 0.25) is 0 Å². The Labute approximate surface area is 114 Å². The first kappa shape index (κ1) is 12.5. The maximum Gasteiger partial charge on any atom is 0.225 e. The molecule has 0 fully saturated rings. The lowest BCUT2D eigenvalue weighted by molar-refractivity contribution is 0.666. The summed E-state index contributed by atoms with van der Waals surface area (Å²) in [4.78, 5) is 10.7. The highest BCUT2D eigenvalue weighted by Crippen LogP contribution is 2.16. The smallest absolute Gasteiger partial charge is 0.225 e. The Morgan fingerprint density at radius 3 is 2.71 bits per heavy atom. The number of nitrogens with zero attached hydrogens (tertiary/aromatic N) is 3. The second-order valence-electron chi connectivity index (χ2n) is 4.00. The minimum absolute atomic E-state index is 0.380. The molecule has 17 heavy (non-hydrogen) atoms. The number of hydrogen-bond acceptors (Lipinski definition) is 4. The fraction of sp³-hybridized carbons (Fsp3) is 0.333. The van der Waals surface area contributed by atoms with Crippen molar-refractivity contribution in [3.63, 3.8) is 0 Å². The predicted octanol–water partition coefficient (Wildman–Crippen LogP) is 3.37. The summed E-state index contributed by atoms with van der Waals surface area (Å²) < 4.78 is 0.903. The first-order chi connectivity index (χ1) is 8.16. The van der Waals surface area contributed by atoms with E-state index < -0.39 is 0 Å². The fourth-order valence-electron chi connectivity index (χ4n) is 1.57. The second kappa shape index (κ2) is 5.60. The van der Waals surface area contributed by atoms with Gasteiger partial charge in [-0.05, 0) is 51.7 Å². The van der Waals surface area contributed by atoms with Gasteiger partial charge in [-0.25, -0.2) is 9.97 Å². The van der Waals surface area contributed by atoms with Gasteiger partial charge in [0.2, 0.25) is 5.95 Å². The van der Waals surface area contributed by atoms with Crippen molar-refractivity contribution in [3.05, 3.63) is 39.3 Å². The van der Waals surface area contributed by atoms with Gasteiger partial charge in [-0.2, -0.15) is 11.3 Å². The lowest BCUT2D eigenvalue weighted by atomic mass is 10.1. The van der Waals surface area contributed by atoms with Crippen molar-refractivity contribution in [3.8, 4) is 0 Å². The van der Waals surface area contributed by atoms with Crippen LogP contribution in [0.4, 0.5) is 5.95 Å². The van der Waals surface area contributed by atoms with Crippen LogP contribution in [0, 0.1) is 0 Å². The number of halogens is 1. The van der Waals surface area contributed by atoms with Crippen molar-refractivity contribution in [2.24, 2.45) is 0 Å². The quantitative estimate of drug-likeness (QED) is 0.867. The van der Waals surface area contributed by atoms with Crippen molar-refractivity contribution < 1.29 is 0 Å². The first-order valence-electron chi connectivity index (χ1n) is 5.38. The topological polar surface area (TPSA) is 29.0 Å². The minimum atomic E-state index is 0.380. The average molecular weight is 312 g/mol. The monoisotopic (exact) mass is 311 g/mol. The Hall–Kier alpha value is -0.940. The summed E-state index contributed by atoms with van der Waals surface area (Å²) in [6.07, 6.45) is 4.56. The van der Waals surface area contributed by atoms with Gasteiger partial charge >= 0.3 is 0 Å². The predicted molar refractivity (Wildman–Crippen MR) is 75.6 cm³/mol. The van der Waals surface area contributed by atoms with Crippen LogP contribution in [0.5, 0.6) is 0 Å². The maximum absolute atomic E-state index is 4.30. The number of anilines is 1. The number of likely N-dealkylation sites (N-methyl/N-ethyl adjacent to an activating group) is 1. The summed E-state index contributed by atoms with van der Waals surface area (Å²) in [5.41, 5.74) is 1.37. The lowest BCUT2D eigenvalue weighted by Gasteiger charge is -2.24. The van der Waals surface area contributed by atoms with Crippen LogP contribution in [0.3, 0.4) is 0 Å². The van der Waals surface area contributed by atoms with Gasteiger partial charge in [-0.1, -0.05) is 0 Å². The van der Waals surface area contributed by atoms with E-state index in [-0.39, 0.29) is 0 Å². The molecule has 1 unspecified atom stereocenters. The molecule has 0 aliphatic carbocycles. The number of thiophene rings is 1. The number of hydrogen-bond donors (Lipinski definition) is 0. The van der Waals surface area contributed by atoms with Crippen molar-refractivity contribution in [1.82, 2.24) is 9.97 Å². The molecule has 0 saturated carbocycles. The molecule has 2 aromatic heterocycles. The summed E-state index contributed by atoms with van der Waals surface area (Å²) in [5, 5.41) is 4.30. The zero-order chi connectivity index (χ0) is 12.3. The standard InChI is InChI=1S/C12H14BrN3S/c1-9(5-10-3-4-17-8-10)16(2)12-14-6-11(13)7-15-12/h3-4,6-9H,5H2,1-2H3. The van der Waals surface area contributed by atoms with Crippen molar-refractivity contribution in [1.29, 1.82) is 0 Å². The molecule has 2 aromatic rings. The van der Waals surface area contributed by atoms with Gasteiger partial charge in [0, 0.05) is 25.5 Å². The Morgan fingerprint density at radius 2 is 2.12 bits per heavy atom. The zero-order valence-corrected chi connectivity index (χ0v) is 12.2. The molecule has 0 aromatic carbocycles. The van der Waals surface area contributed by atoms with Gasteiger partial charge < -0.3 is 4.90 Å². The van der Waals surface area contributed by atoms with Crippen LogP contribution in [-0.2, 0) is 6.42 Å². The van der Waals surface area contributed by atoms with Crippen LogP contribution in [0.15, 0.2) is 33.7 Å². The third kappa shape index (κ3) is 3.26. The van der Waals surface area contributed by atoms with E-state index in [1.165, 1.54) is 5.56 Å². The van der Waals surface area contributed by atoms with Gasteiger partial charge in [-0.3, -0.25) is 0 Å². The highest BCUT2D eigenvalue weighted by Gasteiger charge is 2.13. The zero-order valence-electron chi connectivity index (χ0n) is 9.80. The third-order valence-corrected chi connectivity index (χ3v) is 3.84. The third-order valence-electron chi connectivity index (χ3n) is 2.69. The Kier molecular flexibility index (Phi) is 4.12. The molecule has 1 atom stereocenters. The normalized spacial score (nSPS) is 12.4. The number of aromatic nitrogens is 2. The Morgan fingerprint density at radius 1 is 1.41 bits per heavy atom. The molecule has 0 bridgehead atoms. The van der Waals surface area contributed by atoms with Crippen LogP contribution in [-0.4, -0.2) is 23.1 Å². The molecule has 3 nitrogen and oxygen atoms in total. The van der Waals surface area contributed by atoms with Crippen LogP contribution < -0.4 is 4.90 Å². The first-order valence-corrected chi connectivity index (χ1v) is 7.12. The molecular formula is C12H14BrN3S. The molecule has 0 saturated heterocycles. The maximum atomic E-state index is 4.30. The average Bonchev–Trinajstić information content (AvgIpc) is 2.82. The highest BCUT2D eigenvalue weighted by molar-refractivity contribution is 9.10. The Balaban J connectivity index is 2.04. The van der Waals surface area contributed by atoms with Crippen LogP contribution >= 0.6 is 27.3 Å². The molecule has 0 radical (unpaired) electrons. The molecule has 0 spiro atoms. The van der Waals surface area contributed by atoms with Crippen molar-refractivity contribution in [2.75, 3.05) is 11.9 Å². The molecule has 0 N–H and O–H groups in total. The number of rotatable bonds is 4. The largest absolute Gasteiger partial charge is 0.341 e.